The lowest BCUT2D eigenvalue weighted by molar-refractivity contribution is 0.105. The molecule has 2 aromatic heterocycles. The van der Waals surface area contributed by atoms with E-state index in [2.05, 4.69) is 31.7 Å². The number of aryl methyl sites for hydroxylation is 1. The number of pyridine rings is 1. The number of nitrogens with zero attached hydrogens (tertiary/aromatic N) is 4. The zero-order chi connectivity index (χ0) is 20.7. The van der Waals surface area contributed by atoms with Crippen LogP contribution in [0.15, 0.2) is 27.5 Å². The summed E-state index contributed by atoms with van der Waals surface area (Å²) in [6.45, 7) is 7.64. The molecule has 3 aliphatic rings. The predicted octanol–water partition coefficient (Wildman–Crippen LogP) is 3.39. The smallest absolute Gasteiger partial charge is 0.255 e. The van der Waals surface area contributed by atoms with Gasteiger partial charge < -0.3 is 14.0 Å². The summed E-state index contributed by atoms with van der Waals surface area (Å²) >= 11 is 0. The van der Waals surface area contributed by atoms with Gasteiger partial charge in [0.25, 0.3) is 5.56 Å². The van der Waals surface area contributed by atoms with Gasteiger partial charge in [0, 0.05) is 62.5 Å². The summed E-state index contributed by atoms with van der Waals surface area (Å²) in [5.74, 6) is 2.84. The van der Waals surface area contributed by atoms with Crippen molar-refractivity contribution in [3.8, 4) is 0 Å². The molecule has 0 aromatic carbocycles. The highest BCUT2D eigenvalue weighted by Crippen LogP contribution is 2.36. The topological polar surface area (TPSA) is 54.5 Å². The van der Waals surface area contributed by atoms with Gasteiger partial charge >= 0.3 is 0 Å². The Bertz CT molecular complexity index is 943. The SMILES string of the molecule is Cc1cc(CN(C)Cc2ccc3n(c2=O)C[C@H]2C[C@@H]3CN(CC3CCCC3)C2)no1. The quantitative estimate of drug-likeness (QED) is 0.731. The van der Waals surface area contributed by atoms with Gasteiger partial charge in [-0.3, -0.25) is 9.69 Å². The third-order valence-electron chi connectivity index (χ3n) is 7.30. The van der Waals surface area contributed by atoms with Crippen LogP contribution in [-0.2, 0) is 19.6 Å². The molecule has 4 heterocycles. The monoisotopic (exact) mass is 410 g/mol. The molecule has 30 heavy (non-hydrogen) atoms. The van der Waals surface area contributed by atoms with Crippen molar-refractivity contribution >= 4 is 0 Å². The highest BCUT2D eigenvalue weighted by Gasteiger charge is 2.35. The van der Waals surface area contributed by atoms with Crippen LogP contribution in [0.3, 0.4) is 0 Å². The molecule has 6 heteroatoms. The lowest BCUT2D eigenvalue weighted by Gasteiger charge is -2.43. The molecule has 2 fully saturated rings. The number of hydrogen-bond donors (Lipinski definition) is 0. The first-order valence-electron chi connectivity index (χ1n) is 11.6. The van der Waals surface area contributed by atoms with E-state index in [1.807, 2.05) is 20.0 Å². The van der Waals surface area contributed by atoms with Gasteiger partial charge in [-0.25, -0.2) is 0 Å². The minimum absolute atomic E-state index is 0.203. The van der Waals surface area contributed by atoms with E-state index in [9.17, 15) is 4.79 Å². The Hall–Kier alpha value is -1.92. The molecular formula is C24H34N4O2. The maximum absolute atomic E-state index is 13.3. The zero-order valence-corrected chi connectivity index (χ0v) is 18.3. The average molecular weight is 411 g/mol. The molecule has 5 rings (SSSR count). The molecule has 0 N–H and O–H groups in total. The van der Waals surface area contributed by atoms with Gasteiger partial charge in [-0.2, -0.15) is 0 Å². The fourth-order valence-corrected chi connectivity index (χ4v) is 6.03. The van der Waals surface area contributed by atoms with Gasteiger partial charge in [-0.1, -0.05) is 24.1 Å². The van der Waals surface area contributed by atoms with E-state index in [-0.39, 0.29) is 5.56 Å². The standard InChI is InChI=1S/C24H34N4O2/c1-17-9-22(25-30-17)16-26(2)14-20-7-8-23-21-10-19(13-28(23)24(20)29)12-27(15-21)11-18-5-3-4-6-18/h7-9,18-19,21H,3-6,10-16H2,1-2H3/t19-,21+/m0/s1. The summed E-state index contributed by atoms with van der Waals surface area (Å²) in [5, 5.41) is 4.07. The van der Waals surface area contributed by atoms with Crippen LogP contribution in [0.1, 0.15) is 60.7 Å². The molecule has 0 spiro atoms. The number of piperidine rings is 1. The van der Waals surface area contributed by atoms with Crippen molar-refractivity contribution in [2.24, 2.45) is 11.8 Å². The van der Waals surface area contributed by atoms with Crippen molar-refractivity contribution in [3.63, 3.8) is 0 Å². The highest BCUT2D eigenvalue weighted by atomic mass is 16.5. The molecule has 1 saturated heterocycles. The molecule has 1 aliphatic carbocycles. The summed E-state index contributed by atoms with van der Waals surface area (Å²) in [6.07, 6.45) is 6.89. The second-order valence-corrected chi connectivity index (χ2v) is 9.97. The second kappa shape index (κ2) is 8.31. The van der Waals surface area contributed by atoms with Crippen molar-refractivity contribution in [1.29, 1.82) is 0 Å². The summed E-state index contributed by atoms with van der Waals surface area (Å²) < 4.78 is 7.25. The van der Waals surface area contributed by atoms with Gasteiger partial charge in [-0.15, -0.1) is 0 Å². The predicted molar refractivity (Wildman–Crippen MR) is 116 cm³/mol. The third kappa shape index (κ3) is 4.12. The molecule has 0 amide bonds. The first-order valence-corrected chi connectivity index (χ1v) is 11.6. The Morgan fingerprint density at radius 1 is 1.17 bits per heavy atom. The molecule has 2 aliphatic heterocycles. The lowest BCUT2D eigenvalue weighted by Crippen LogP contribution is -2.48. The van der Waals surface area contributed by atoms with Gasteiger partial charge in [0.15, 0.2) is 0 Å². The molecule has 6 nitrogen and oxygen atoms in total. The van der Waals surface area contributed by atoms with E-state index >= 15 is 0 Å². The summed E-state index contributed by atoms with van der Waals surface area (Å²) in [5.41, 5.74) is 3.25. The maximum Gasteiger partial charge on any atom is 0.255 e. The van der Waals surface area contributed by atoms with Crippen molar-refractivity contribution in [1.82, 2.24) is 19.5 Å². The van der Waals surface area contributed by atoms with Gasteiger partial charge in [0.2, 0.25) is 0 Å². The highest BCUT2D eigenvalue weighted by molar-refractivity contribution is 5.22. The number of fused-ring (bicyclic) bond motifs is 4. The molecule has 2 atom stereocenters. The van der Waals surface area contributed by atoms with Crippen LogP contribution in [-0.4, -0.2) is 46.2 Å². The Morgan fingerprint density at radius 2 is 2.00 bits per heavy atom. The summed E-state index contributed by atoms with van der Waals surface area (Å²) in [7, 11) is 2.03. The van der Waals surface area contributed by atoms with Crippen molar-refractivity contribution in [2.75, 3.05) is 26.7 Å². The summed E-state index contributed by atoms with van der Waals surface area (Å²) in [4.78, 5) is 18.1. The fourth-order valence-electron chi connectivity index (χ4n) is 6.03. The molecular weight excluding hydrogens is 376 g/mol. The molecule has 1 saturated carbocycles. The van der Waals surface area contributed by atoms with Gasteiger partial charge in [-0.05, 0) is 51.1 Å². The summed E-state index contributed by atoms with van der Waals surface area (Å²) in [6, 6.07) is 6.24. The third-order valence-corrected chi connectivity index (χ3v) is 7.30. The van der Waals surface area contributed by atoms with E-state index in [0.29, 0.717) is 24.9 Å². The maximum atomic E-state index is 13.3. The van der Waals surface area contributed by atoms with E-state index in [1.165, 1.54) is 44.3 Å². The van der Waals surface area contributed by atoms with Crippen molar-refractivity contribution in [3.05, 3.63) is 51.3 Å². The van der Waals surface area contributed by atoms with E-state index in [4.69, 9.17) is 4.52 Å². The van der Waals surface area contributed by atoms with Crippen molar-refractivity contribution in [2.45, 2.75) is 64.6 Å². The Kier molecular flexibility index (Phi) is 5.54. The van der Waals surface area contributed by atoms with Crippen LogP contribution in [0.25, 0.3) is 0 Å². The second-order valence-electron chi connectivity index (χ2n) is 9.97. The molecule has 0 unspecified atom stereocenters. The van der Waals surface area contributed by atoms with Crippen LogP contribution < -0.4 is 5.56 Å². The molecule has 0 radical (unpaired) electrons. The average Bonchev–Trinajstić information content (AvgIpc) is 3.36. The van der Waals surface area contributed by atoms with Crippen LogP contribution in [0, 0.1) is 18.8 Å². The van der Waals surface area contributed by atoms with E-state index in [0.717, 1.165) is 42.6 Å². The Labute approximate surface area is 178 Å². The zero-order valence-electron chi connectivity index (χ0n) is 18.3. The Morgan fingerprint density at radius 3 is 2.77 bits per heavy atom. The first-order chi connectivity index (χ1) is 14.5. The van der Waals surface area contributed by atoms with Crippen LogP contribution >= 0.6 is 0 Å². The molecule has 162 valence electrons. The lowest BCUT2D eigenvalue weighted by atomic mass is 9.82. The number of likely N-dealkylation sites (tertiary alicyclic amines) is 1. The van der Waals surface area contributed by atoms with Gasteiger partial charge in [0.1, 0.15) is 5.76 Å². The minimum atomic E-state index is 0.203. The molecule has 2 bridgehead atoms. The normalized spacial score (nSPS) is 24.5. The number of rotatable bonds is 6. The van der Waals surface area contributed by atoms with Crippen molar-refractivity contribution < 1.29 is 4.52 Å². The minimum Gasteiger partial charge on any atom is -0.361 e. The number of hydrogen-bond acceptors (Lipinski definition) is 5. The number of aromatic nitrogens is 2. The van der Waals surface area contributed by atoms with E-state index < -0.39 is 0 Å². The van der Waals surface area contributed by atoms with E-state index in [1.54, 1.807) is 0 Å². The van der Waals surface area contributed by atoms with Crippen LogP contribution in [0.4, 0.5) is 0 Å². The largest absolute Gasteiger partial charge is 0.361 e. The Balaban J connectivity index is 1.28. The first kappa shape index (κ1) is 20.0. The fraction of sp³-hybridized carbons (Fsp3) is 0.667. The van der Waals surface area contributed by atoms with Crippen LogP contribution in [0.5, 0.6) is 0 Å². The molecule has 2 aromatic rings. The van der Waals surface area contributed by atoms with Crippen LogP contribution in [0.2, 0.25) is 0 Å². The van der Waals surface area contributed by atoms with Gasteiger partial charge in [0.05, 0.1) is 5.69 Å².